The lowest BCUT2D eigenvalue weighted by molar-refractivity contribution is -0.386. The zero-order chi connectivity index (χ0) is 68.0. The summed E-state index contributed by atoms with van der Waals surface area (Å²) in [6, 6.07) is 0. The lowest BCUT2D eigenvalue weighted by atomic mass is 9.33. The van der Waals surface area contributed by atoms with Crippen molar-refractivity contribution < 1.29 is 138 Å². The van der Waals surface area contributed by atoms with Gasteiger partial charge in [-0.3, -0.25) is 0 Å². The summed E-state index contributed by atoms with van der Waals surface area (Å²) in [6.07, 6.45) is -31.8. The molecule has 0 bridgehead atoms. The molecule has 9 aliphatic rings. The maximum atomic E-state index is 13.3. The average molecular weight is 1320 g/mol. The van der Waals surface area contributed by atoms with E-state index in [1.807, 2.05) is 27.7 Å². The first-order valence-electron chi connectivity index (χ1n) is 32.0. The highest BCUT2D eigenvalue weighted by atomic mass is 16.8. The zero-order valence-corrected chi connectivity index (χ0v) is 54.3. The molecule has 0 aromatic carbocycles. The third-order valence-electron chi connectivity index (χ3n) is 23.5. The molecule has 30 atom stereocenters. The number of carbonyl (C=O) groups excluding carboxylic acids is 2. The molecule has 4 saturated heterocycles. The highest BCUT2D eigenvalue weighted by Crippen LogP contribution is 2.76. The van der Waals surface area contributed by atoms with Crippen molar-refractivity contribution in [2.24, 2.45) is 50.2 Å². The molecule has 28 heteroatoms. The number of carboxylic acid groups (broad SMARTS) is 2. The number of hydrogen-bond donors (Lipinski definition) is 13. The third kappa shape index (κ3) is 12.2. The molecule has 522 valence electrons. The molecule has 4 heterocycles. The van der Waals surface area contributed by atoms with E-state index in [0.717, 1.165) is 5.57 Å². The van der Waals surface area contributed by atoms with E-state index < -0.39 is 223 Å². The molecule has 0 aromatic heterocycles. The maximum Gasteiger partial charge on any atom is 0.505 e. The fourth-order valence-electron chi connectivity index (χ4n) is 17.8. The number of ether oxygens (including phenoxy) is 11. The maximum absolute atomic E-state index is 13.3. The van der Waals surface area contributed by atoms with Crippen molar-refractivity contribution in [3.05, 3.63) is 34.9 Å². The van der Waals surface area contributed by atoms with E-state index in [1.165, 1.54) is 26.0 Å². The quantitative estimate of drug-likeness (QED) is 0.0315. The van der Waals surface area contributed by atoms with E-state index in [9.17, 15) is 85.6 Å². The number of allylic oxidation sites excluding steroid dienone is 4. The molecule has 5 aliphatic carbocycles. The molecule has 8 fully saturated rings. The second kappa shape index (κ2) is 26.9. The number of hydrogen-bond acceptors (Lipinski definition) is 26. The summed E-state index contributed by atoms with van der Waals surface area (Å²) in [5, 5.41) is 145. The smallest absolute Gasteiger partial charge is 0.479 e. The van der Waals surface area contributed by atoms with Crippen LogP contribution < -0.4 is 0 Å². The Labute approximate surface area is 534 Å². The zero-order valence-electron chi connectivity index (χ0n) is 54.3. The standard InChI is InChI=1S/C64H98O28/c1-13-26(3)52(78)87-44-28(5)83-56(43(74)46(44)88-53(79)27(4)14-2)92-50-49(75)64(25-82-58(80)81)30(21-59(50,6)7)29-15-16-34-61(10)19-18-36(60(8,9)33(61)17-20-62(34,11)63(29,12)22-35(64)67)86-57-48(91-55-41(72)39(70)37(68)31(23-65)84-55)45(42(73)47(90-57)51(76)77)89-54-40(71)38(69)32(24-66)85-54/h13-15,28,30-50,54-57,65-75H,16-25H2,1-12H3,(H,76,77)(H,80,81)/b26-13-,27-14-/t28?,30?,31?,32?,33?,34?,35-,36+,37?,38?,39?,40?,41?,42?,43?,44?,45?,46?,47?,48?,49+,50+,54?,55?,56?,57?,61+,62-,63-,64+/m1/s1. The fraction of sp³-hybridized carbons (Fsp3) is 0.844. The van der Waals surface area contributed by atoms with Crippen LogP contribution in [0.25, 0.3) is 0 Å². The summed E-state index contributed by atoms with van der Waals surface area (Å²) < 4.78 is 66.5. The van der Waals surface area contributed by atoms with Gasteiger partial charge in [-0.15, -0.1) is 0 Å². The molecular weight excluding hydrogens is 1220 g/mol. The van der Waals surface area contributed by atoms with Gasteiger partial charge in [-0.1, -0.05) is 72.3 Å². The first kappa shape index (κ1) is 72.4. The molecule has 0 amide bonds. The second-order valence-electron chi connectivity index (χ2n) is 29.2. The molecule has 0 aromatic rings. The van der Waals surface area contributed by atoms with Crippen molar-refractivity contribution in [2.75, 3.05) is 19.8 Å². The molecule has 9 rings (SSSR count). The van der Waals surface area contributed by atoms with E-state index in [1.54, 1.807) is 20.8 Å². The summed E-state index contributed by atoms with van der Waals surface area (Å²) in [4.78, 5) is 51.9. The highest BCUT2D eigenvalue weighted by Gasteiger charge is 2.74. The van der Waals surface area contributed by atoms with Crippen molar-refractivity contribution >= 4 is 24.1 Å². The van der Waals surface area contributed by atoms with Gasteiger partial charge >= 0.3 is 24.1 Å². The van der Waals surface area contributed by atoms with Crippen LogP contribution in [0.5, 0.6) is 0 Å². The number of fused-ring (bicyclic) bond motifs is 7. The number of carboxylic acids is 1. The Hall–Kier alpha value is -3.86. The topological polar surface area (TPSA) is 433 Å². The first-order valence-corrected chi connectivity index (χ1v) is 32.0. The van der Waals surface area contributed by atoms with Gasteiger partial charge in [0.25, 0.3) is 0 Å². The minimum Gasteiger partial charge on any atom is -0.479 e. The summed E-state index contributed by atoms with van der Waals surface area (Å²) in [5.41, 5.74) is -4.05. The van der Waals surface area contributed by atoms with Gasteiger partial charge in [0.15, 0.2) is 43.5 Å². The monoisotopic (exact) mass is 1310 g/mol. The molecule has 28 nitrogen and oxygen atoms in total. The van der Waals surface area contributed by atoms with Gasteiger partial charge in [-0.25, -0.2) is 19.2 Å². The van der Waals surface area contributed by atoms with Gasteiger partial charge in [-0.2, -0.15) is 0 Å². The number of aliphatic hydroxyl groups is 11. The Kier molecular flexibility index (Phi) is 21.1. The average Bonchev–Trinajstić information content (AvgIpc) is 0.723. The predicted molar refractivity (Wildman–Crippen MR) is 313 cm³/mol. The van der Waals surface area contributed by atoms with Gasteiger partial charge in [0.1, 0.15) is 73.8 Å². The predicted octanol–water partition coefficient (Wildman–Crippen LogP) is 0.846. The Morgan fingerprint density at radius 2 is 1.16 bits per heavy atom. The Morgan fingerprint density at radius 3 is 1.73 bits per heavy atom. The van der Waals surface area contributed by atoms with E-state index in [4.69, 9.17) is 52.1 Å². The van der Waals surface area contributed by atoms with Crippen molar-refractivity contribution in [3.63, 3.8) is 0 Å². The SMILES string of the molecule is C/C=C(/C)C(=O)OC1C(C)OC(O[C@H]2[C@H](O)[C@@]3(COC(=O)O)C(CC2(C)C)C2=CCC4[C@@]5(C)CC[C@H](OC6OC(C(=O)O)C(O)C(OC7OC(CO)C(O)C7O)C6OC6OC(CO)C(O)C(O)C6O)C(C)(C)C5CC[C@@]4(C)[C@]2(C)C[C@H]3O)C(O)C1OC(=O)/C(C)=C\C. The Morgan fingerprint density at radius 1 is 0.609 bits per heavy atom. The van der Waals surface area contributed by atoms with Gasteiger partial charge in [0.05, 0.1) is 49.1 Å². The Balaban J connectivity index is 1.01. The molecule has 4 saturated carbocycles. The van der Waals surface area contributed by atoms with E-state index in [-0.39, 0.29) is 35.8 Å². The van der Waals surface area contributed by atoms with Crippen molar-refractivity contribution in [3.8, 4) is 0 Å². The minimum atomic E-state index is -2.14. The summed E-state index contributed by atoms with van der Waals surface area (Å²) in [5.74, 6) is -4.16. The molecule has 92 heavy (non-hydrogen) atoms. The van der Waals surface area contributed by atoms with Crippen LogP contribution in [-0.2, 0) is 66.5 Å². The van der Waals surface area contributed by atoms with Crippen LogP contribution in [0.2, 0.25) is 0 Å². The summed E-state index contributed by atoms with van der Waals surface area (Å²) in [6.45, 7) is 19.9. The fourth-order valence-corrected chi connectivity index (χ4v) is 17.8. The van der Waals surface area contributed by atoms with Gasteiger partial charge in [0.2, 0.25) is 0 Å². The van der Waals surface area contributed by atoms with Crippen molar-refractivity contribution in [2.45, 2.75) is 269 Å². The van der Waals surface area contributed by atoms with E-state index in [0.29, 0.717) is 32.1 Å². The molecular formula is C64H98O28. The van der Waals surface area contributed by atoms with Crippen molar-refractivity contribution in [1.82, 2.24) is 0 Å². The number of esters is 2. The largest absolute Gasteiger partial charge is 0.505 e. The van der Waals surface area contributed by atoms with Crippen LogP contribution in [0.15, 0.2) is 34.9 Å². The van der Waals surface area contributed by atoms with Crippen LogP contribution >= 0.6 is 0 Å². The second-order valence-corrected chi connectivity index (χ2v) is 29.2. The normalized spacial score (nSPS) is 48.4. The molecule has 4 aliphatic heterocycles. The third-order valence-corrected chi connectivity index (χ3v) is 23.5. The lowest BCUT2D eigenvalue weighted by Gasteiger charge is -2.72. The number of aliphatic hydroxyl groups excluding tert-OH is 11. The minimum absolute atomic E-state index is 0.0448. The van der Waals surface area contributed by atoms with Crippen LogP contribution in [-0.4, -0.2) is 251 Å². The molecule has 0 spiro atoms. The first-order chi connectivity index (χ1) is 42.9. The number of rotatable bonds is 17. The van der Waals surface area contributed by atoms with Gasteiger partial charge in [-0.05, 0) is 124 Å². The van der Waals surface area contributed by atoms with Crippen LogP contribution in [0.3, 0.4) is 0 Å². The summed E-state index contributed by atoms with van der Waals surface area (Å²) in [7, 11) is 0. The van der Waals surface area contributed by atoms with E-state index in [2.05, 4.69) is 26.8 Å². The molecule has 22 unspecified atom stereocenters. The van der Waals surface area contributed by atoms with Crippen LogP contribution in [0.4, 0.5) is 4.79 Å². The molecule has 0 radical (unpaired) electrons. The van der Waals surface area contributed by atoms with E-state index >= 15 is 0 Å². The molecule has 13 N–H and O–H groups in total. The number of aliphatic carboxylic acids is 1. The Bertz CT molecular complexity index is 2790. The van der Waals surface area contributed by atoms with Crippen molar-refractivity contribution in [1.29, 1.82) is 0 Å². The van der Waals surface area contributed by atoms with Gasteiger partial charge in [0, 0.05) is 11.1 Å². The highest BCUT2D eigenvalue weighted by molar-refractivity contribution is 5.88. The van der Waals surface area contributed by atoms with Crippen LogP contribution in [0, 0.1) is 50.2 Å². The lowest BCUT2D eigenvalue weighted by Crippen LogP contribution is -2.72. The van der Waals surface area contributed by atoms with Gasteiger partial charge < -0.3 is 118 Å². The van der Waals surface area contributed by atoms with Crippen LogP contribution in [0.1, 0.15) is 128 Å². The summed E-state index contributed by atoms with van der Waals surface area (Å²) >= 11 is 0. The number of carbonyl (C=O) groups is 4.